The Hall–Kier alpha value is -1.82. The Labute approximate surface area is 80.6 Å². The maximum absolute atomic E-state index is 10.4. The number of ether oxygens (including phenoxy) is 1. The van der Waals surface area contributed by atoms with Crippen LogP contribution in [0.25, 0.3) is 0 Å². The molecule has 0 heterocycles. The molecule has 0 aliphatic carbocycles. The molecule has 0 aliphatic heterocycles. The zero-order chi connectivity index (χ0) is 10.7. The minimum absolute atomic E-state index is 0.0742. The van der Waals surface area contributed by atoms with E-state index in [9.17, 15) is 10.1 Å². The standard InChI is InChI=1S/C8H11N3O3/c1-5(9)14-8-4-6(11(12)13)2-3-7(8)10/h2-5H,9-10H2,1H3. The van der Waals surface area contributed by atoms with Gasteiger partial charge in [-0.05, 0) is 13.0 Å². The second kappa shape index (κ2) is 3.93. The average molecular weight is 197 g/mol. The normalized spacial score (nSPS) is 12.1. The maximum atomic E-state index is 10.4. The van der Waals surface area contributed by atoms with Gasteiger partial charge in [-0.2, -0.15) is 0 Å². The van der Waals surface area contributed by atoms with Crippen molar-refractivity contribution in [2.45, 2.75) is 13.2 Å². The summed E-state index contributed by atoms with van der Waals surface area (Å²) in [7, 11) is 0. The molecule has 0 aliphatic rings. The third-order valence-electron chi connectivity index (χ3n) is 1.52. The van der Waals surface area contributed by atoms with E-state index in [-0.39, 0.29) is 11.4 Å². The lowest BCUT2D eigenvalue weighted by atomic mass is 10.2. The van der Waals surface area contributed by atoms with Crippen molar-refractivity contribution >= 4 is 11.4 Å². The number of nitro groups is 1. The lowest BCUT2D eigenvalue weighted by Gasteiger charge is -2.11. The zero-order valence-corrected chi connectivity index (χ0v) is 7.64. The predicted octanol–water partition coefficient (Wildman–Crippen LogP) is 0.861. The summed E-state index contributed by atoms with van der Waals surface area (Å²) in [6, 6.07) is 3.97. The van der Waals surface area contributed by atoms with E-state index in [0.29, 0.717) is 5.69 Å². The van der Waals surface area contributed by atoms with Gasteiger partial charge in [0.1, 0.15) is 6.23 Å². The highest BCUT2D eigenvalue weighted by atomic mass is 16.6. The van der Waals surface area contributed by atoms with Crippen molar-refractivity contribution in [3.8, 4) is 5.75 Å². The second-order valence-corrected chi connectivity index (χ2v) is 2.80. The highest BCUT2D eigenvalue weighted by molar-refractivity contribution is 5.57. The quantitative estimate of drug-likeness (QED) is 0.323. The van der Waals surface area contributed by atoms with E-state index in [2.05, 4.69) is 0 Å². The summed E-state index contributed by atoms with van der Waals surface area (Å²) in [6.07, 6.45) is -0.556. The van der Waals surface area contributed by atoms with Crippen LogP contribution in [-0.2, 0) is 0 Å². The molecule has 0 radical (unpaired) electrons. The third kappa shape index (κ3) is 2.33. The smallest absolute Gasteiger partial charge is 0.273 e. The maximum Gasteiger partial charge on any atom is 0.273 e. The Morgan fingerprint density at radius 3 is 2.71 bits per heavy atom. The van der Waals surface area contributed by atoms with Crippen LogP contribution in [0.2, 0.25) is 0 Å². The van der Waals surface area contributed by atoms with E-state index in [1.54, 1.807) is 6.92 Å². The van der Waals surface area contributed by atoms with Crippen molar-refractivity contribution < 1.29 is 9.66 Å². The first kappa shape index (κ1) is 10.3. The largest absolute Gasteiger partial charge is 0.473 e. The molecule has 1 aromatic carbocycles. The van der Waals surface area contributed by atoms with Gasteiger partial charge in [0.15, 0.2) is 5.75 Å². The van der Waals surface area contributed by atoms with Crippen molar-refractivity contribution in [3.05, 3.63) is 28.3 Å². The fraction of sp³-hybridized carbons (Fsp3) is 0.250. The molecule has 76 valence electrons. The van der Waals surface area contributed by atoms with Crippen molar-refractivity contribution in [3.63, 3.8) is 0 Å². The summed E-state index contributed by atoms with van der Waals surface area (Å²) >= 11 is 0. The predicted molar refractivity (Wildman–Crippen MR) is 51.8 cm³/mol. The summed E-state index contributed by atoms with van der Waals surface area (Å²) in [6.45, 7) is 1.61. The molecule has 6 heteroatoms. The first-order valence-electron chi connectivity index (χ1n) is 3.97. The van der Waals surface area contributed by atoms with E-state index >= 15 is 0 Å². The van der Waals surface area contributed by atoms with Crippen molar-refractivity contribution in [1.29, 1.82) is 0 Å². The summed E-state index contributed by atoms with van der Waals surface area (Å²) < 4.78 is 5.08. The Bertz CT molecular complexity index is 352. The lowest BCUT2D eigenvalue weighted by Crippen LogP contribution is -2.22. The molecule has 0 saturated heterocycles. The Kier molecular flexibility index (Phi) is 2.88. The van der Waals surface area contributed by atoms with Gasteiger partial charge in [-0.1, -0.05) is 0 Å². The molecule has 1 rings (SSSR count). The first-order chi connectivity index (χ1) is 6.50. The van der Waals surface area contributed by atoms with Crippen LogP contribution in [-0.4, -0.2) is 11.2 Å². The third-order valence-corrected chi connectivity index (χ3v) is 1.52. The Morgan fingerprint density at radius 1 is 1.57 bits per heavy atom. The molecule has 0 fully saturated rings. The number of nitrogens with two attached hydrogens (primary N) is 2. The zero-order valence-electron chi connectivity index (χ0n) is 7.64. The number of benzene rings is 1. The second-order valence-electron chi connectivity index (χ2n) is 2.80. The van der Waals surface area contributed by atoms with E-state index in [1.165, 1.54) is 18.2 Å². The first-order valence-corrected chi connectivity index (χ1v) is 3.97. The molecule has 1 unspecified atom stereocenters. The molecule has 4 N–H and O–H groups in total. The summed E-state index contributed by atoms with van der Waals surface area (Å²) in [5.41, 5.74) is 11.2. The van der Waals surface area contributed by atoms with E-state index < -0.39 is 11.2 Å². The van der Waals surface area contributed by atoms with Crippen LogP contribution in [0.4, 0.5) is 11.4 Å². The van der Waals surface area contributed by atoms with Crippen molar-refractivity contribution in [1.82, 2.24) is 0 Å². The monoisotopic (exact) mass is 197 g/mol. The number of non-ortho nitro benzene ring substituents is 1. The van der Waals surface area contributed by atoms with Gasteiger partial charge in [-0.25, -0.2) is 0 Å². The van der Waals surface area contributed by atoms with Gasteiger partial charge in [0.05, 0.1) is 16.7 Å². The molecular formula is C8H11N3O3. The molecule has 0 spiro atoms. The van der Waals surface area contributed by atoms with Gasteiger partial charge in [0, 0.05) is 6.07 Å². The molecule has 1 aromatic rings. The Balaban J connectivity index is 3.02. The topological polar surface area (TPSA) is 104 Å². The number of hydrogen-bond donors (Lipinski definition) is 2. The lowest BCUT2D eigenvalue weighted by molar-refractivity contribution is -0.384. The number of anilines is 1. The van der Waals surface area contributed by atoms with Crippen LogP contribution >= 0.6 is 0 Å². The molecule has 0 bridgehead atoms. The van der Waals surface area contributed by atoms with Gasteiger partial charge < -0.3 is 10.5 Å². The number of nitrogen functional groups attached to an aromatic ring is 1. The highest BCUT2D eigenvalue weighted by Gasteiger charge is 2.10. The van der Waals surface area contributed by atoms with Crippen molar-refractivity contribution in [2.75, 3.05) is 5.73 Å². The fourth-order valence-corrected chi connectivity index (χ4v) is 0.939. The molecule has 14 heavy (non-hydrogen) atoms. The van der Waals surface area contributed by atoms with Crippen LogP contribution in [0.5, 0.6) is 5.75 Å². The van der Waals surface area contributed by atoms with Gasteiger partial charge in [0.25, 0.3) is 5.69 Å². The van der Waals surface area contributed by atoms with Crippen LogP contribution in [0.1, 0.15) is 6.92 Å². The Morgan fingerprint density at radius 2 is 2.21 bits per heavy atom. The van der Waals surface area contributed by atoms with Gasteiger partial charge in [0.2, 0.25) is 0 Å². The number of rotatable bonds is 3. The minimum atomic E-state index is -0.556. The minimum Gasteiger partial charge on any atom is -0.473 e. The van der Waals surface area contributed by atoms with Crippen LogP contribution in [0.3, 0.4) is 0 Å². The average Bonchev–Trinajstić information content (AvgIpc) is 2.07. The highest BCUT2D eigenvalue weighted by Crippen LogP contribution is 2.26. The molecule has 0 aromatic heterocycles. The molecule has 0 saturated carbocycles. The summed E-state index contributed by atoms with van der Waals surface area (Å²) in [5, 5.41) is 10.4. The molecular weight excluding hydrogens is 186 g/mol. The van der Waals surface area contributed by atoms with E-state index in [1.807, 2.05) is 0 Å². The van der Waals surface area contributed by atoms with Crippen molar-refractivity contribution in [2.24, 2.45) is 5.73 Å². The molecule has 1 atom stereocenters. The number of nitro benzene ring substituents is 1. The number of hydrogen-bond acceptors (Lipinski definition) is 5. The summed E-state index contributed by atoms with van der Waals surface area (Å²) in [4.78, 5) is 9.91. The van der Waals surface area contributed by atoms with Gasteiger partial charge >= 0.3 is 0 Å². The SMILES string of the molecule is CC(N)Oc1cc([N+](=O)[O-])ccc1N. The van der Waals surface area contributed by atoms with E-state index in [0.717, 1.165) is 0 Å². The van der Waals surface area contributed by atoms with Crippen LogP contribution in [0.15, 0.2) is 18.2 Å². The van der Waals surface area contributed by atoms with E-state index in [4.69, 9.17) is 16.2 Å². The molecule has 6 nitrogen and oxygen atoms in total. The van der Waals surface area contributed by atoms with Crippen LogP contribution < -0.4 is 16.2 Å². The van der Waals surface area contributed by atoms with Crippen LogP contribution in [0, 0.1) is 10.1 Å². The van der Waals surface area contributed by atoms with Gasteiger partial charge in [-0.15, -0.1) is 0 Å². The fourth-order valence-electron chi connectivity index (χ4n) is 0.939. The summed E-state index contributed by atoms with van der Waals surface area (Å²) in [5.74, 6) is 0.231. The number of nitrogens with zero attached hydrogens (tertiary/aromatic N) is 1. The van der Waals surface area contributed by atoms with Gasteiger partial charge in [-0.3, -0.25) is 15.8 Å². The molecule has 0 amide bonds.